The Balaban J connectivity index is 1.73. The zero-order valence-electron chi connectivity index (χ0n) is 9.61. The average molecular weight is 312 g/mol. The molecule has 0 saturated heterocycles. The fraction of sp³-hybridized carbons (Fsp3) is 0.333. The maximum atomic E-state index is 4.42. The van der Waals surface area contributed by atoms with Gasteiger partial charge in [0.25, 0.3) is 0 Å². The number of nitrogens with zero attached hydrogens (tertiary/aromatic N) is 2. The van der Waals surface area contributed by atoms with Crippen molar-refractivity contribution < 1.29 is 0 Å². The number of thiazole rings is 1. The smallest absolute Gasteiger partial charge is 0.106 e. The van der Waals surface area contributed by atoms with Crippen LogP contribution in [-0.2, 0) is 13.0 Å². The van der Waals surface area contributed by atoms with Gasteiger partial charge in [-0.15, -0.1) is 11.3 Å². The van der Waals surface area contributed by atoms with E-state index < -0.39 is 0 Å². The first-order valence-corrected chi connectivity index (χ1v) is 7.14. The van der Waals surface area contributed by atoms with Crippen LogP contribution in [0.25, 0.3) is 0 Å². The van der Waals surface area contributed by atoms with E-state index in [2.05, 4.69) is 36.6 Å². The fourth-order valence-electron chi connectivity index (χ4n) is 1.48. The minimum atomic E-state index is 0.795. The SMILES string of the molecule is Cc1csc(CCNCc2cccc(Br)n2)n1. The number of nitrogens with one attached hydrogen (secondary N) is 1. The minimum absolute atomic E-state index is 0.795. The monoisotopic (exact) mass is 311 g/mol. The van der Waals surface area contributed by atoms with Crippen molar-refractivity contribution in [2.24, 2.45) is 0 Å². The van der Waals surface area contributed by atoms with Crippen molar-refractivity contribution in [2.45, 2.75) is 19.9 Å². The molecule has 2 aromatic heterocycles. The summed E-state index contributed by atoms with van der Waals surface area (Å²) < 4.78 is 0.882. The molecule has 0 aromatic carbocycles. The topological polar surface area (TPSA) is 37.8 Å². The van der Waals surface area contributed by atoms with E-state index in [1.165, 1.54) is 5.01 Å². The van der Waals surface area contributed by atoms with E-state index >= 15 is 0 Å². The van der Waals surface area contributed by atoms with Crippen molar-refractivity contribution in [3.8, 4) is 0 Å². The molecule has 2 aromatic rings. The molecular formula is C12H14BrN3S. The lowest BCUT2D eigenvalue weighted by atomic mass is 10.3. The summed E-state index contributed by atoms with van der Waals surface area (Å²) in [6.07, 6.45) is 0.979. The Morgan fingerprint density at radius 2 is 2.24 bits per heavy atom. The van der Waals surface area contributed by atoms with E-state index in [0.717, 1.165) is 35.5 Å². The second-order valence-electron chi connectivity index (χ2n) is 3.76. The van der Waals surface area contributed by atoms with Crippen LogP contribution in [0, 0.1) is 6.92 Å². The van der Waals surface area contributed by atoms with E-state index in [1.54, 1.807) is 11.3 Å². The Morgan fingerprint density at radius 1 is 1.35 bits per heavy atom. The predicted octanol–water partition coefficient (Wildman–Crippen LogP) is 2.94. The molecule has 90 valence electrons. The standard InChI is InChI=1S/C12H14BrN3S/c1-9-8-17-12(15-9)5-6-14-7-10-3-2-4-11(13)16-10/h2-4,8,14H,5-7H2,1H3. The summed E-state index contributed by atoms with van der Waals surface area (Å²) >= 11 is 5.09. The van der Waals surface area contributed by atoms with Crippen LogP contribution in [-0.4, -0.2) is 16.5 Å². The van der Waals surface area contributed by atoms with Crippen molar-refractivity contribution in [1.82, 2.24) is 15.3 Å². The lowest BCUT2D eigenvalue weighted by Gasteiger charge is -2.03. The quantitative estimate of drug-likeness (QED) is 0.681. The molecule has 0 amide bonds. The van der Waals surface area contributed by atoms with Gasteiger partial charge < -0.3 is 5.32 Å². The summed E-state index contributed by atoms with van der Waals surface area (Å²) in [7, 11) is 0. The van der Waals surface area contributed by atoms with Crippen LogP contribution in [0.15, 0.2) is 28.2 Å². The molecule has 17 heavy (non-hydrogen) atoms. The Hall–Kier alpha value is -0.780. The predicted molar refractivity (Wildman–Crippen MR) is 74.2 cm³/mol. The van der Waals surface area contributed by atoms with E-state index in [9.17, 15) is 0 Å². The largest absolute Gasteiger partial charge is 0.311 e. The van der Waals surface area contributed by atoms with Gasteiger partial charge in [-0.1, -0.05) is 6.07 Å². The van der Waals surface area contributed by atoms with E-state index in [4.69, 9.17) is 0 Å². The number of halogens is 1. The number of aromatic nitrogens is 2. The van der Waals surface area contributed by atoms with Gasteiger partial charge in [0.05, 0.1) is 10.7 Å². The molecule has 0 unspecified atom stereocenters. The van der Waals surface area contributed by atoms with E-state index in [0.29, 0.717) is 0 Å². The van der Waals surface area contributed by atoms with Crippen molar-refractivity contribution in [3.05, 3.63) is 44.6 Å². The summed E-state index contributed by atoms with van der Waals surface area (Å²) in [4.78, 5) is 8.79. The van der Waals surface area contributed by atoms with Crippen LogP contribution in [0.4, 0.5) is 0 Å². The van der Waals surface area contributed by atoms with Gasteiger partial charge in [-0.3, -0.25) is 0 Å². The first-order valence-electron chi connectivity index (χ1n) is 5.47. The lowest BCUT2D eigenvalue weighted by Crippen LogP contribution is -2.17. The number of aryl methyl sites for hydroxylation is 1. The van der Waals surface area contributed by atoms with Crippen LogP contribution in [0.3, 0.4) is 0 Å². The molecule has 0 bridgehead atoms. The average Bonchev–Trinajstić information content (AvgIpc) is 2.71. The molecule has 0 spiro atoms. The molecule has 5 heteroatoms. The molecule has 0 aliphatic rings. The molecule has 0 aliphatic carbocycles. The zero-order chi connectivity index (χ0) is 12.1. The second kappa shape index (κ2) is 6.23. The summed E-state index contributed by atoms with van der Waals surface area (Å²) in [5, 5.41) is 6.65. The van der Waals surface area contributed by atoms with Crippen molar-refractivity contribution in [3.63, 3.8) is 0 Å². The molecule has 1 N–H and O–H groups in total. The van der Waals surface area contributed by atoms with Crippen molar-refractivity contribution in [2.75, 3.05) is 6.54 Å². The highest BCUT2D eigenvalue weighted by Crippen LogP contribution is 2.09. The van der Waals surface area contributed by atoms with Gasteiger partial charge in [0.1, 0.15) is 4.60 Å². The molecule has 3 nitrogen and oxygen atoms in total. The Kier molecular flexibility index (Phi) is 4.65. The summed E-state index contributed by atoms with van der Waals surface area (Å²) in [5.41, 5.74) is 2.16. The van der Waals surface area contributed by atoms with E-state index in [1.807, 2.05) is 25.1 Å². The molecule has 0 aliphatic heterocycles. The third kappa shape index (κ3) is 4.18. The highest BCUT2D eigenvalue weighted by atomic mass is 79.9. The van der Waals surface area contributed by atoms with Gasteiger partial charge in [-0.25, -0.2) is 9.97 Å². The Morgan fingerprint density at radius 3 is 2.94 bits per heavy atom. The summed E-state index contributed by atoms with van der Waals surface area (Å²) in [5.74, 6) is 0. The van der Waals surface area contributed by atoms with Gasteiger partial charge in [-0.2, -0.15) is 0 Å². The van der Waals surface area contributed by atoms with Crippen LogP contribution >= 0.6 is 27.3 Å². The number of hydrogen-bond donors (Lipinski definition) is 1. The normalized spacial score (nSPS) is 10.7. The maximum absolute atomic E-state index is 4.42. The Bertz CT molecular complexity index is 484. The maximum Gasteiger partial charge on any atom is 0.106 e. The van der Waals surface area contributed by atoms with E-state index in [-0.39, 0.29) is 0 Å². The second-order valence-corrected chi connectivity index (χ2v) is 5.52. The number of hydrogen-bond acceptors (Lipinski definition) is 4. The third-order valence-electron chi connectivity index (χ3n) is 2.26. The van der Waals surface area contributed by atoms with Crippen LogP contribution in [0.2, 0.25) is 0 Å². The molecule has 2 rings (SSSR count). The van der Waals surface area contributed by atoms with Gasteiger partial charge in [0.2, 0.25) is 0 Å². The van der Waals surface area contributed by atoms with Gasteiger partial charge >= 0.3 is 0 Å². The lowest BCUT2D eigenvalue weighted by molar-refractivity contribution is 0.672. The van der Waals surface area contributed by atoms with Crippen LogP contribution < -0.4 is 5.32 Å². The minimum Gasteiger partial charge on any atom is -0.311 e. The van der Waals surface area contributed by atoms with Crippen molar-refractivity contribution in [1.29, 1.82) is 0 Å². The van der Waals surface area contributed by atoms with Gasteiger partial charge in [-0.05, 0) is 35.0 Å². The highest BCUT2D eigenvalue weighted by molar-refractivity contribution is 9.10. The van der Waals surface area contributed by atoms with Gasteiger partial charge in [0.15, 0.2) is 0 Å². The molecule has 0 radical (unpaired) electrons. The highest BCUT2D eigenvalue weighted by Gasteiger charge is 1.99. The molecule has 2 heterocycles. The van der Waals surface area contributed by atoms with Crippen LogP contribution in [0.1, 0.15) is 16.4 Å². The first-order chi connectivity index (χ1) is 8.24. The zero-order valence-corrected chi connectivity index (χ0v) is 12.0. The third-order valence-corrected chi connectivity index (χ3v) is 3.73. The number of pyridine rings is 1. The molecule has 0 saturated carbocycles. The fourth-order valence-corrected chi connectivity index (χ4v) is 2.63. The molecule has 0 atom stereocenters. The number of rotatable bonds is 5. The molecular weight excluding hydrogens is 298 g/mol. The van der Waals surface area contributed by atoms with Crippen molar-refractivity contribution >= 4 is 27.3 Å². The van der Waals surface area contributed by atoms with Gasteiger partial charge in [0, 0.05) is 30.6 Å². The summed E-state index contributed by atoms with van der Waals surface area (Å²) in [6, 6.07) is 5.95. The Labute approximate surface area is 113 Å². The van der Waals surface area contributed by atoms with Crippen LogP contribution in [0.5, 0.6) is 0 Å². The molecule has 0 fully saturated rings. The first kappa shape index (κ1) is 12.7. The summed E-state index contributed by atoms with van der Waals surface area (Å²) in [6.45, 7) is 3.75.